The summed E-state index contributed by atoms with van der Waals surface area (Å²) >= 11 is 12.0. The van der Waals surface area contributed by atoms with E-state index < -0.39 is 0 Å². The Morgan fingerprint density at radius 3 is 2.86 bits per heavy atom. The van der Waals surface area contributed by atoms with Gasteiger partial charge in [-0.2, -0.15) is 0 Å². The van der Waals surface area contributed by atoms with E-state index in [4.69, 9.17) is 27.8 Å². The van der Waals surface area contributed by atoms with E-state index in [1.54, 1.807) is 18.2 Å². The van der Waals surface area contributed by atoms with Gasteiger partial charge in [-0.3, -0.25) is 0 Å². The van der Waals surface area contributed by atoms with Crippen LogP contribution >= 0.6 is 23.2 Å². The van der Waals surface area contributed by atoms with Gasteiger partial charge < -0.3 is 5.21 Å². The lowest BCUT2D eigenvalue weighted by Gasteiger charge is -2.08. The zero-order valence-electron chi connectivity index (χ0n) is 10.5. The molecule has 7 nitrogen and oxygen atoms in total. The van der Waals surface area contributed by atoms with Crippen molar-refractivity contribution in [3.05, 3.63) is 44.8 Å². The van der Waals surface area contributed by atoms with Gasteiger partial charge in [-0.25, -0.2) is 4.63 Å². The fourth-order valence-corrected chi connectivity index (χ4v) is 2.86. The van der Waals surface area contributed by atoms with Crippen molar-refractivity contribution in [3.63, 3.8) is 0 Å². The summed E-state index contributed by atoms with van der Waals surface area (Å²) < 4.78 is 4.71. The molecule has 0 radical (unpaired) electrons. The molecule has 0 amide bonds. The maximum Gasteiger partial charge on any atom is 0.276 e. The van der Waals surface area contributed by atoms with Crippen LogP contribution < -0.4 is 4.85 Å². The topological polar surface area (TPSA) is 83.7 Å². The normalized spacial score (nSPS) is 13.0. The summed E-state index contributed by atoms with van der Waals surface area (Å²) in [5.74, 6) is 0. The molecule has 2 heterocycles. The highest BCUT2D eigenvalue weighted by molar-refractivity contribution is 6.35. The molecule has 0 fully saturated rings. The number of halogens is 2. The molecule has 1 aliphatic carbocycles. The number of rotatable bonds is 1. The van der Waals surface area contributed by atoms with Crippen molar-refractivity contribution in [1.82, 2.24) is 20.2 Å². The molecule has 0 atom stereocenters. The highest BCUT2D eigenvalue weighted by Crippen LogP contribution is 2.29. The lowest BCUT2D eigenvalue weighted by Crippen LogP contribution is -2.40. The third-order valence-corrected chi connectivity index (χ3v) is 3.91. The molecule has 0 bridgehead atoms. The fraction of sp³-hybridized carbons (Fsp3) is 0.167. The summed E-state index contributed by atoms with van der Waals surface area (Å²) in [6.07, 6.45) is 1.11. The van der Waals surface area contributed by atoms with Gasteiger partial charge in [-0.1, -0.05) is 28.4 Å². The number of fused-ring (bicyclic) bond motifs is 3. The van der Waals surface area contributed by atoms with Crippen LogP contribution in [0, 0.1) is 5.21 Å². The quantitative estimate of drug-likeness (QED) is 0.505. The average molecular weight is 324 g/mol. The van der Waals surface area contributed by atoms with Gasteiger partial charge in [0.15, 0.2) is 11.4 Å². The van der Waals surface area contributed by atoms with Crippen LogP contribution in [0.5, 0.6) is 0 Å². The Labute approximate surface area is 128 Å². The summed E-state index contributed by atoms with van der Waals surface area (Å²) in [5, 5.41) is 25.2. The summed E-state index contributed by atoms with van der Waals surface area (Å²) in [7, 11) is 0. The second kappa shape index (κ2) is 4.44. The van der Waals surface area contributed by atoms with Crippen molar-refractivity contribution in [3.8, 4) is 17.1 Å². The van der Waals surface area contributed by atoms with Crippen LogP contribution in [0.2, 0.25) is 10.0 Å². The van der Waals surface area contributed by atoms with Gasteiger partial charge in [0.2, 0.25) is 0 Å². The zero-order chi connectivity index (χ0) is 14.6. The molecule has 9 heteroatoms. The van der Waals surface area contributed by atoms with E-state index in [1.165, 1.54) is 4.80 Å². The summed E-state index contributed by atoms with van der Waals surface area (Å²) in [6.45, 7) is 0. The molecule has 3 aromatic rings. The molecule has 106 valence electrons. The molecule has 0 N–H and O–H groups in total. The summed E-state index contributed by atoms with van der Waals surface area (Å²) in [6, 6.07) is 4.84. The zero-order valence-corrected chi connectivity index (χ0v) is 12.0. The molecule has 0 saturated heterocycles. The van der Waals surface area contributed by atoms with E-state index in [0.29, 0.717) is 56.2 Å². The van der Waals surface area contributed by atoms with Crippen LogP contribution in [0.3, 0.4) is 0 Å². The van der Waals surface area contributed by atoms with Crippen LogP contribution in [-0.2, 0) is 12.8 Å². The smallest absolute Gasteiger partial charge is 0.276 e. The molecule has 1 aliphatic rings. The number of benzene rings is 1. The molecule has 21 heavy (non-hydrogen) atoms. The maximum absolute atomic E-state index is 12.4. The Morgan fingerprint density at radius 2 is 2.05 bits per heavy atom. The average Bonchev–Trinajstić information content (AvgIpc) is 3.04. The van der Waals surface area contributed by atoms with Crippen LogP contribution in [-0.4, -0.2) is 20.2 Å². The Hall–Kier alpha value is -2.12. The second-order valence-corrected chi connectivity index (χ2v) is 5.46. The lowest BCUT2D eigenvalue weighted by atomic mass is 10.0. The Morgan fingerprint density at radius 1 is 1.19 bits per heavy atom. The molecular formula is C12H7Cl2N5O2. The summed E-state index contributed by atoms with van der Waals surface area (Å²) in [4.78, 5) is 1.90. The minimum Gasteiger partial charge on any atom is -0.692 e. The van der Waals surface area contributed by atoms with Crippen molar-refractivity contribution in [2.75, 3.05) is 0 Å². The number of aromatic nitrogens is 5. The highest BCUT2D eigenvalue weighted by Gasteiger charge is 2.34. The van der Waals surface area contributed by atoms with Crippen molar-refractivity contribution in [2.24, 2.45) is 0 Å². The van der Waals surface area contributed by atoms with Crippen molar-refractivity contribution in [2.45, 2.75) is 12.8 Å². The standard InChI is InChI=1S/C12H7Cl2N5O2/c13-6-1-3-9(7(14)5-6)18-15-12-10(19(18)20)4-2-8-11(12)17-21-16-8/h1,3,5H,2,4H2. The minimum absolute atomic E-state index is 0.338. The van der Waals surface area contributed by atoms with E-state index in [9.17, 15) is 5.21 Å². The first-order valence-corrected chi connectivity index (χ1v) is 6.89. The number of hydrogen-bond donors (Lipinski definition) is 0. The van der Waals surface area contributed by atoms with Gasteiger partial charge in [0.25, 0.3) is 5.69 Å². The van der Waals surface area contributed by atoms with Crippen LogP contribution in [0.1, 0.15) is 11.4 Å². The van der Waals surface area contributed by atoms with E-state index in [-0.39, 0.29) is 0 Å². The third-order valence-electron chi connectivity index (χ3n) is 3.38. The number of hydrogen-bond acceptors (Lipinski definition) is 5. The van der Waals surface area contributed by atoms with Gasteiger partial charge in [-0.05, 0) is 28.2 Å². The molecule has 0 unspecified atom stereocenters. The SMILES string of the molecule is [O-][n+]1c2c(nn1-c1ccc(Cl)cc1Cl)-c1nonc1CC2. The van der Waals surface area contributed by atoms with E-state index >= 15 is 0 Å². The molecule has 0 spiro atoms. The molecule has 2 aromatic heterocycles. The van der Waals surface area contributed by atoms with E-state index in [2.05, 4.69) is 15.4 Å². The van der Waals surface area contributed by atoms with E-state index in [0.717, 1.165) is 0 Å². The maximum atomic E-state index is 12.4. The van der Waals surface area contributed by atoms with Gasteiger partial charge >= 0.3 is 0 Å². The number of nitrogens with zero attached hydrogens (tertiary/aromatic N) is 5. The second-order valence-electron chi connectivity index (χ2n) is 4.61. The van der Waals surface area contributed by atoms with Crippen LogP contribution in [0.4, 0.5) is 0 Å². The first kappa shape index (κ1) is 12.6. The van der Waals surface area contributed by atoms with Crippen molar-refractivity contribution < 1.29 is 9.47 Å². The molecule has 1 aromatic carbocycles. The molecule has 4 rings (SSSR count). The predicted molar refractivity (Wildman–Crippen MR) is 73.2 cm³/mol. The number of aryl methyl sites for hydroxylation is 1. The van der Waals surface area contributed by atoms with Gasteiger partial charge in [0, 0.05) is 17.9 Å². The Kier molecular flexibility index (Phi) is 2.66. The summed E-state index contributed by atoms with van der Waals surface area (Å²) in [5.41, 5.74) is 2.64. The van der Waals surface area contributed by atoms with Crippen LogP contribution in [0.25, 0.3) is 17.1 Å². The van der Waals surface area contributed by atoms with E-state index in [1.807, 2.05) is 0 Å². The highest BCUT2D eigenvalue weighted by atomic mass is 35.5. The van der Waals surface area contributed by atoms with Crippen molar-refractivity contribution >= 4 is 23.2 Å². The van der Waals surface area contributed by atoms with Crippen molar-refractivity contribution in [1.29, 1.82) is 0 Å². The third kappa shape index (κ3) is 1.81. The Balaban J connectivity index is 1.93. The predicted octanol–water partition coefficient (Wildman–Crippen LogP) is 1.96. The monoisotopic (exact) mass is 323 g/mol. The fourth-order valence-electron chi connectivity index (χ4n) is 2.38. The van der Waals surface area contributed by atoms with Gasteiger partial charge in [0.05, 0.1) is 10.1 Å². The molecule has 0 aliphatic heterocycles. The van der Waals surface area contributed by atoms with Gasteiger partial charge in [0.1, 0.15) is 11.4 Å². The largest absolute Gasteiger partial charge is 0.692 e. The van der Waals surface area contributed by atoms with Crippen LogP contribution in [0.15, 0.2) is 22.8 Å². The molecule has 0 saturated carbocycles. The first-order chi connectivity index (χ1) is 10.1. The van der Waals surface area contributed by atoms with Gasteiger partial charge in [-0.15, -0.1) is 4.85 Å². The lowest BCUT2D eigenvalue weighted by molar-refractivity contribution is -0.695. The molecular weight excluding hydrogens is 317 g/mol. The minimum atomic E-state index is 0.338. The Bertz CT molecular complexity index is 857. The first-order valence-electron chi connectivity index (χ1n) is 6.14.